The summed E-state index contributed by atoms with van der Waals surface area (Å²) in [7, 11) is 0. The molecule has 25 heavy (non-hydrogen) atoms. The quantitative estimate of drug-likeness (QED) is 0.460. The maximum atomic E-state index is 5.73. The molecule has 0 saturated carbocycles. The summed E-state index contributed by atoms with van der Waals surface area (Å²) in [6.07, 6.45) is 3.11. The lowest BCUT2D eigenvalue weighted by molar-refractivity contribution is -0.0613. The first kappa shape index (κ1) is 24.3. The summed E-state index contributed by atoms with van der Waals surface area (Å²) in [4.78, 5) is 0. The molecule has 0 spiro atoms. The standard InChI is InChI=1S/C19H32O2.C3H8S/c1-8-20-15(4)21-17-11-9-16(10-12-17)18(13-14(2)3)19(5,6)7;1-3-4-2/h9-12,14-15,18H,8,13H2,1-7H3;3H2,1-2H3. The van der Waals surface area contributed by atoms with Crippen molar-refractivity contribution < 1.29 is 9.47 Å². The van der Waals surface area contributed by atoms with E-state index in [0.717, 1.165) is 5.75 Å². The van der Waals surface area contributed by atoms with Crippen LogP contribution in [-0.2, 0) is 4.74 Å². The SMILES string of the molecule is CCOC(C)Oc1ccc(C(CC(C)C)C(C)(C)C)cc1.CCSC. The molecule has 1 aromatic carbocycles. The molecular weight excluding hydrogens is 328 g/mol. The Morgan fingerprint density at radius 1 is 1.00 bits per heavy atom. The van der Waals surface area contributed by atoms with Gasteiger partial charge in [-0.1, -0.05) is 53.7 Å². The minimum atomic E-state index is -0.199. The minimum Gasteiger partial charge on any atom is -0.465 e. The molecule has 0 aliphatic carbocycles. The Hall–Kier alpha value is -0.670. The summed E-state index contributed by atoms with van der Waals surface area (Å²) in [5.41, 5.74) is 1.67. The van der Waals surface area contributed by atoms with Crippen molar-refractivity contribution in [2.45, 2.75) is 74.0 Å². The van der Waals surface area contributed by atoms with Crippen LogP contribution < -0.4 is 4.74 Å². The third-order valence-electron chi connectivity index (χ3n) is 4.03. The van der Waals surface area contributed by atoms with Gasteiger partial charge in [0.2, 0.25) is 0 Å². The summed E-state index contributed by atoms with van der Waals surface area (Å²) in [6, 6.07) is 8.52. The molecule has 0 amide bonds. The zero-order chi connectivity index (χ0) is 19.5. The van der Waals surface area contributed by atoms with E-state index in [1.54, 1.807) is 0 Å². The van der Waals surface area contributed by atoms with Gasteiger partial charge in [0.25, 0.3) is 0 Å². The second kappa shape index (κ2) is 12.6. The first-order chi connectivity index (χ1) is 11.6. The minimum absolute atomic E-state index is 0.199. The normalized spacial score (nSPS) is 13.8. The molecule has 0 bridgehead atoms. The summed E-state index contributed by atoms with van der Waals surface area (Å²) < 4.78 is 11.1. The second-order valence-electron chi connectivity index (χ2n) is 7.84. The van der Waals surface area contributed by atoms with Crippen LogP contribution in [0.4, 0.5) is 0 Å². The van der Waals surface area contributed by atoms with E-state index in [1.165, 1.54) is 17.7 Å². The van der Waals surface area contributed by atoms with Gasteiger partial charge in [-0.2, -0.15) is 11.8 Å². The zero-order valence-corrected chi connectivity index (χ0v) is 18.7. The summed E-state index contributed by atoms with van der Waals surface area (Å²) in [5.74, 6) is 3.37. The molecular formula is C22H40O2S. The molecule has 3 heteroatoms. The highest BCUT2D eigenvalue weighted by atomic mass is 32.2. The lowest BCUT2D eigenvalue weighted by atomic mass is 9.72. The van der Waals surface area contributed by atoms with Gasteiger partial charge in [-0.15, -0.1) is 0 Å². The molecule has 2 unspecified atom stereocenters. The first-order valence-electron chi connectivity index (χ1n) is 9.52. The van der Waals surface area contributed by atoms with Gasteiger partial charge in [0.05, 0.1) is 0 Å². The van der Waals surface area contributed by atoms with Crippen LogP contribution in [0, 0.1) is 11.3 Å². The molecule has 2 atom stereocenters. The van der Waals surface area contributed by atoms with Crippen molar-refractivity contribution in [2.24, 2.45) is 11.3 Å². The van der Waals surface area contributed by atoms with Gasteiger partial charge in [0.1, 0.15) is 5.75 Å². The van der Waals surface area contributed by atoms with Crippen LogP contribution in [0.25, 0.3) is 0 Å². The van der Waals surface area contributed by atoms with E-state index < -0.39 is 0 Å². The van der Waals surface area contributed by atoms with Gasteiger partial charge in [0, 0.05) is 6.61 Å². The van der Waals surface area contributed by atoms with Gasteiger partial charge >= 0.3 is 0 Å². The van der Waals surface area contributed by atoms with Gasteiger partial charge in [-0.3, -0.25) is 0 Å². The third kappa shape index (κ3) is 10.8. The average Bonchev–Trinajstić information content (AvgIpc) is 2.53. The van der Waals surface area contributed by atoms with Crippen LogP contribution in [0.5, 0.6) is 5.75 Å². The maximum Gasteiger partial charge on any atom is 0.196 e. The molecule has 2 nitrogen and oxygen atoms in total. The van der Waals surface area contributed by atoms with Crippen LogP contribution >= 0.6 is 11.8 Å². The fourth-order valence-corrected chi connectivity index (χ4v) is 2.70. The van der Waals surface area contributed by atoms with Crippen LogP contribution in [0.15, 0.2) is 24.3 Å². The Kier molecular flexibility index (Phi) is 12.3. The molecule has 1 aromatic rings. The van der Waals surface area contributed by atoms with Crippen molar-refractivity contribution in [1.82, 2.24) is 0 Å². The predicted octanol–water partition coefficient (Wildman–Crippen LogP) is 6.99. The number of hydrogen-bond acceptors (Lipinski definition) is 3. The van der Waals surface area contributed by atoms with Crippen molar-refractivity contribution >= 4 is 11.8 Å². The average molecular weight is 369 g/mol. The topological polar surface area (TPSA) is 18.5 Å². The van der Waals surface area contributed by atoms with Gasteiger partial charge < -0.3 is 9.47 Å². The molecule has 0 saturated heterocycles. The van der Waals surface area contributed by atoms with Gasteiger partial charge in [0.15, 0.2) is 6.29 Å². The number of rotatable bonds is 8. The van der Waals surface area contributed by atoms with E-state index >= 15 is 0 Å². The molecule has 1 rings (SSSR count). The highest BCUT2D eigenvalue weighted by Gasteiger charge is 2.26. The van der Waals surface area contributed by atoms with Gasteiger partial charge in [-0.05, 0) is 67.2 Å². The lowest BCUT2D eigenvalue weighted by Gasteiger charge is -2.32. The fourth-order valence-electron chi connectivity index (χ4n) is 2.70. The van der Waals surface area contributed by atoms with Crippen LogP contribution in [0.1, 0.15) is 73.3 Å². The number of ether oxygens (including phenoxy) is 2. The van der Waals surface area contributed by atoms with E-state index in [-0.39, 0.29) is 11.7 Å². The monoisotopic (exact) mass is 368 g/mol. The molecule has 0 heterocycles. The maximum absolute atomic E-state index is 5.73. The van der Waals surface area contributed by atoms with E-state index in [4.69, 9.17) is 9.47 Å². The molecule has 0 fully saturated rings. The molecule has 0 radical (unpaired) electrons. The highest BCUT2D eigenvalue weighted by molar-refractivity contribution is 7.98. The molecule has 0 aliphatic rings. The zero-order valence-electron chi connectivity index (χ0n) is 17.9. The van der Waals surface area contributed by atoms with Gasteiger partial charge in [-0.25, -0.2) is 0 Å². The fraction of sp³-hybridized carbons (Fsp3) is 0.727. The Morgan fingerprint density at radius 3 is 1.88 bits per heavy atom. The summed E-state index contributed by atoms with van der Waals surface area (Å²) in [6.45, 7) is 18.3. The van der Waals surface area contributed by atoms with Crippen molar-refractivity contribution in [3.05, 3.63) is 29.8 Å². The Balaban J connectivity index is 0.00000129. The Bertz CT molecular complexity index is 432. The Morgan fingerprint density at radius 2 is 1.52 bits per heavy atom. The van der Waals surface area contributed by atoms with E-state index in [2.05, 4.69) is 72.1 Å². The third-order valence-corrected chi connectivity index (χ3v) is 4.60. The van der Waals surface area contributed by atoms with Crippen LogP contribution in [0.3, 0.4) is 0 Å². The van der Waals surface area contributed by atoms with Crippen molar-refractivity contribution in [3.8, 4) is 5.75 Å². The van der Waals surface area contributed by atoms with Crippen LogP contribution in [0.2, 0.25) is 0 Å². The predicted molar refractivity (Wildman–Crippen MR) is 114 cm³/mol. The van der Waals surface area contributed by atoms with Crippen molar-refractivity contribution in [1.29, 1.82) is 0 Å². The van der Waals surface area contributed by atoms with E-state index in [0.29, 0.717) is 18.4 Å². The highest BCUT2D eigenvalue weighted by Crippen LogP contribution is 2.40. The van der Waals surface area contributed by atoms with E-state index in [9.17, 15) is 0 Å². The summed E-state index contributed by atoms with van der Waals surface area (Å²) in [5, 5.41) is 0. The molecule has 0 aliphatic heterocycles. The first-order valence-corrected chi connectivity index (χ1v) is 10.9. The van der Waals surface area contributed by atoms with Crippen LogP contribution in [-0.4, -0.2) is 24.9 Å². The van der Waals surface area contributed by atoms with Crippen molar-refractivity contribution in [2.75, 3.05) is 18.6 Å². The van der Waals surface area contributed by atoms with E-state index in [1.807, 2.05) is 25.6 Å². The molecule has 0 N–H and O–H groups in total. The van der Waals surface area contributed by atoms with Crippen molar-refractivity contribution in [3.63, 3.8) is 0 Å². The summed E-state index contributed by atoms with van der Waals surface area (Å²) >= 11 is 1.86. The molecule has 0 aromatic heterocycles. The number of benzene rings is 1. The molecule has 146 valence electrons. The smallest absolute Gasteiger partial charge is 0.196 e. The second-order valence-corrected chi connectivity index (χ2v) is 8.99. The Labute approximate surface area is 161 Å². The number of thioether (sulfide) groups is 1. The lowest BCUT2D eigenvalue weighted by Crippen LogP contribution is -2.20. The number of hydrogen-bond donors (Lipinski definition) is 0. The largest absolute Gasteiger partial charge is 0.465 e.